The molecule has 3 rings (SSSR count). The minimum atomic E-state index is -3.70. The summed E-state index contributed by atoms with van der Waals surface area (Å²) in [6.07, 6.45) is 0. The lowest BCUT2D eigenvalue weighted by molar-refractivity contribution is -0.141. The molecule has 0 saturated heterocycles. The van der Waals surface area contributed by atoms with Gasteiger partial charge in [0.2, 0.25) is 0 Å². The number of rotatable bonds is 6. The predicted molar refractivity (Wildman–Crippen MR) is 91.7 cm³/mol. The first-order valence-corrected chi connectivity index (χ1v) is 9.55. The average Bonchev–Trinajstić information content (AvgIpc) is 2.90. The summed E-state index contributed by atoms with van der Waals surface area (Å²) in [7, 11) is -3.70. The van der Waals surface area contributed by atoms with E-state index in [0.717, 1.165) is 4.90 Å². The quantitative estimate of drug-likeness (QED) is 0.848. The van der Waals surface area contributed by atoms with Crippen molar-refractivity contribution in [1.82, 2.24) is 4.90 Å². The summed E-state index contributed by atoms with van der Waals surface area (Å²) in [5, 5.41) is 9.50. The fourth-order valence-electron chi connectivity index (χ4n) is 2.95. The second-order valence-corrected chi connectivity index (χ2v) is 8.09. The molecule has 2 aromatic rings. The number of carboxylic acids is 1. The van der Waals surface area contributed by atoms with E-state index in [2.05, 4.69) is 0 Å². The van der Waals surface area contributed by atoms with E-state index in [4.69, 9.17) is 0 Å². The Morgan fingerprint density at radius 3 is 2.36 bits per heavy atom. The van der Waals surface area contributed by atoms with Gasteiger partial charge in [-0.25, -0.2) is 13.2 Å². The lowest BCUT2D eigenvalue weighted by Crippen LogP contribution is -2.46. The molecule has 6 nitrogen and oxygen atoms in total. The molecule has 1 heterocycles. The first-order chi connectivity index (χ1) is 11.9. The second kappa shape index (κ2) is 6.68. The number of fused-ring (bicyclic) bond motifs is 1. The van der Waals surface area contributed by atoms with Crippen molar-refractivity contribution in [3.63, 3.8) is 0 Å². The molecule has 0 bridgehead atoms. The fourth-order valence-corrected chi connectivity index (χ4v) is 4.57. The molecule has 7 heteroatoms. The molecule has 25 heavy (non-hydrogen) atoms. The highest BCUT2D eigenvalue weighted by Crippen LogP contribution is 2.25. The Hall–Kier alpha value is -2.67. The van der Waals surface area contributed by atoms with E-state index in [1.54, 1.807) is 54.6 Å². The van der Waals surface area contributed by atoms with Crippen molar-refractivity contribution < 1.29 is 23.1 Å². The van der Waals surface area contributed by atoms with Crippen molar-refractivity contribution in [3.8, 4) is 0 Å². The fraction of sp³-hybridized carbons (Fsp3) is 0.222. The monoisotopic (exact) mass is 359 g/mol. The molecule has 0 aliphatic carbocycles. The Morgan fingerprint density at radius 1 is 1.08 bits per heavy atom. The molecular formula is C18H17NO5S. The SMILES string of the molecule is O=C(O)C(CS(=O)(=O)Cc1ccccc1)N1Cc2ccccc2C1=O. The lowest BCUT2D eigenvalue weighted by atomic mass is 10.1. The van der Waals surface area contributed by atoms with Crippen LogP contribution in [0.1, 0.15) is 21.5 Å². The molecule has 0 aromatic heterocycles. The van der Waals surface area contributed by atoms with Gasteiger partial charge < -0.3 is 10.0 Å². The Kier molecular flexibility index (Phi) is 4.59. The number of carboxylic acid groups (broad SMARTS) is 1. The van der Waals surface area contributed by atoms with Gasteiger partial charge in [0, 0.05) is 12.1 Å². The van der Waals surface area contributed by atoms with Crippen molar-refractivity contribution >= 4 is 21.7 Å². The van der Waals surface area contributed by atoms with Crippen LogP contribution in [0.25, 0.3) is 0 Å². The molecule has 1 atom stereocenters. The number of sulfone groups is 1. The topological polar surface area (TPSA) is 91.8 Å². The molecule has 1 aliphatic rings. The van der Waals surface area contributed by atoms with E-state index in [1.807, 2.05) is 0 Å². The number of amides is 1. The zero-order chi connectivity index (χ0) is 18.0. The largest absolute Gasteiger partial charge is 0.480 e. The highest BCUT2D eigenvalue weighted by molar-refractivity contribution is 7.90. The van der Waals surface area contributed by atoms with Crippen molar-refractivity contribution in [1.29, 1.82) is 0 Å². The number of nitrogens with zero attached hydrogens (tertiary/aromatic N) is 1. The Balaban J connectivity index is 1.81. The third-order valence-corrected chi connectivity index (χ3v) is 5.75. The number of carbonyl (C=O) groups is 2. The zero-order valence-electron chi connectivity index (χ0n) is 13.3. The molecule has 0 saturated carbocycles. The van der Waals surface area contributed by atoms with E-state index < -0.39 is 33.5 Å². The highest BCUT2D eigenvalue weighted by atomic mass is 32.2. The van der Waals surface area contributed by atoms with Crippen LogP contribution in [0.3, 0.4) is 0 Å². The van der Waals surface area contributed by atoms with E-state index in [0.29, 0.717) is 16.7 Å². The predicted octanol–water partition coefficient (Wildman–Crippen LogP) is 1.71. The van der Waals surface area contributed by atoms with Crippen LogP contribution in [0.2, 0.25) is 0 Å². The maximum absolute atomic E-state index is 12.5. The van der Waals surface area contributed by atoms with Gasteiger partial charge in [-0.3, -0.25) is 4.79 Å². The smallest absolute Gasteiger partial charge is 0.327 e. The van der Waals surface area contributed by atoms with Gasteiger partial charge in [0.05, 0.1) is 11.5 Å². The van der Waals surface area contributed by atoms with E-state index in [-0.39, 0.29) is 12.3 Å². The summed E-state index contributed by atoms with van der Waals surface area (Å²) >= 11 is 0. The van der Waals surface area contributed by atoms with Crippen LogP contribution in [0, 0.1) is 0 Å². The van der Waals surface area contributed by atoms with Gasteiger partial charge >= 0.3 is 5.97 Å². The van der Waals surface area contributed by atoms with Crippen molar-refractivity contribution in [2.24, 2.45) is 0 Å². The van der Waals surface area contributed by atoms with Gasteiger partial charge in [0.25, 0.3) is 5.91 Å². The van der Waals surface area contributed by atoms with Crippen LogP contribution >= 0.6 is 0 Å². The standard InChI is InChI=1S/C18H17NO5S/c20-17-15-9-5-4-8-14(15)10-19(17)16(18(21)22)12-25(23,24)11-13-6-2-1-3-7-13/h1-9,16H,10-12H2,(H,21,22). The number of aliphatic carboxylic acids is 1. The summed E-state index contributed by atoms with van der Waals surface area (Å²) in [4.78, 5) is 25.2. The number of hydrogen-bond acceptors (Lipinski definition) is 4. The second-order valence-electron chi connectivity index (χ2n) is 5.98. The van der Waals surface area contributed by atoms with Gasteiger partial charge in [0.15, 0.2) is 9.84 Å². The van der Waals surface area contributed by atoms with Crippen LogP contribution < -0.4 is 0 Å². The number of hydrogen-bond donors (Lipinski definition) is 1. The maximum Gasteiger partial charge on any atom is 0.327 e. The molecule has 1 unspecified atom stereocenters. The molecule has 1 amide bonds. The van der Waals surface area contributed by atoms with Gasteiger partial charge in [-0.05, 0) is 17.2 Å². The Bertz CT molecular complexity index is 908. The Labute approximate surface area is 145 Å². The van der Waals surface area contributed by atoms with E-state index >= 15 is 0 Å². The van der Waals surface area contributed by atoms with E-state index in [9.17, 15) is 23.1 Å². The number of carbonyl (C=O) groups excluding carboxylic acids is 1. The molecular weight excluding hydrogens is 342 g/mol. The van der Waals surface area contributed by atoms with Gasteiger partial charge in [-0.2, -0.15) is 0 Å². The molecule has 0 fully saturated rings. The molecule has 2 aromatic carbocycles. The van der Waals surface area contributed by atoms with Crippen molar-refractivity contribution in [3.05, 3.63) is 71.3 Å². The summed E-state index contributed by atoms with van der Waals surface area (Å²) in [6.45, 7) is 0.104. The molecule has 1 N–H and O–H groups in total. The summed E-state index contributed by atoms with van der Waals surface area (Å²) < 4.78 is 24.9. The molecule has 130 valence electrons. The lowest BCUT2D eigenvalue weighted by Gasteiger charge is -2.24. The van der Waals surface area contributed by atoms with Crippen LogP contribution in [-0.2, 0) is 26.9 Å². The van der Waals surface area contributed by atoms with Crippen LogP contribution in [-0.4, -0.2) is 42.1 Å². The summed E-state index contributed by atoms with van der Waals surface area (Å²) in [5.74, 6) is -2.64. The Morgan fingerprint density at radius 2 is 1.72 bits per heavy atom. The third-order valence-electron chi connectivity index (χ3n) is 4.15. The third kappa shape index (κ3) is 3.71. The molecule has 0 spiro atoms. The van der Waals surface area contributed by atoms with Gasteiger partial charge in [-0.15, -0.1) is 0 Å². The first kappa shape index (κ1) is 17.2. The minimum absolute atomic E-state index is 0.104. The van der Waals surface area contributed by atoms with Crippen molar-refractivity contribution in [2.45, 2.75) is 18.3 Å². The summed E-state index contributed by atoms with van der Waals surface area (Å²) in [5.41, 5.74) is 1.72. The van der Waals surface area contributed by atoms with E-state index in [1.165, 1.54) is 0 Å². The maximum atomic E-state index is 12.5. The first-order valence-electron chi connectivity index (χ1n) is 7.73. The van der Waals surface area contributed by atoms with Crippen molar-refractivity contribution in [2.75, 3.05) is 5.75 Å². The van der Waals surface area contributed by atoms with Crippen LogP contribution in [0.4, 0.5) is 0 Å². The molecule has 0 radical (unpaired) electrons. The van der Waals surface area contributed by atoms with Gasteiger partial charge in [-0.1, -0.05) is 48.5 Å². The number of benzene rings is 2. The van der Waals surface area contributed by atoms with Gasteiger partial charge in [0.1, 0.15) is 6.04 Å². The molecule has 1 aliphatic heterocycles. The zero-order valence-corrected chi connectivity index (χ0v) is 14.1. The minimum Gasteiger partial charge on any atom is -0.480 e. The average molecular weight is 359 g/mol. The van der Waals surface area contributed by atoms with Crippen LogP contribution in [0.15, 0.2) is 54.6 Å². The van der Waals surface area contributed by atoms with Crippen LogP contribution in [0.5, 0.6) is 0 Å². The summed E-state index contributed by atoms with van der Waals surface area (Å²) in [6, 6.07) is 14.0. The highest BCUT2D eigenvalue weighted by Gasteiger charge is 2.38. The normalized spacial score (nSPS) is 15.0.